The molecule has 0 saturated carbocycles. The largest absolute Gasteiger partial charge is 0.457 e. The van der Waals surface area contributed by atoms with E-state index in [0.29, 0.717) is 46.8 Å². The van der Waals surface area contributed by atoms with Gasteiger partial charge in [0, 0.05) is 50.0 Å². The molecular weight excluding hydrogens is 833 g/mol. The highest BCUT2D eigenvalue weighted by molar-refractivity contribution is 6.03. The van der Waals surface area contributed by atoms with E-state index in [4.69, 9.17) is 20.9 Å². The highest BCUT2D eigenvalue weighted by atomic mass is 16.5. The van der Waals surface area contributed by atoms with Crippen LogP contribution in [0.3, 0.4) is 0 Å². The molecule has 0 radical (unpaired) electrons. The summed E-state index contributed by atoms with van der Waals surface area (Å²) < 4.78 is 15.4. The van der Waals surface area contributed by atoms with Crippen molar-refractivity contribution in [1.82, 2.24) is 39.1 Å². The van der Waals surface area contributed by atoms with E-state index < -0.39 is 0 Å². The number of nitrogens with zero attached hydrogens (tertiary/aromatic N) is 10. The number of carbonyl (C=O) groups excluding carboxylic acids is 2. The van der Waals surface area contributed by atoms with Crippen LogP contribution in [0.15, 0.2) is 134 Å². The standard InChI is InChI=1S/2C25H28N6O2/c1-17(29(3)4)14-30(18(2)32)31-15-22(23-24(26)27-16-28-25(23)31)19-10-12-21(13-11-19)33-20-8-6-5-7-9-20;1-17(14-29(3)4)31(18(2)32)30-15-22(23-24(26)27-16-28-25(23)30)19-10-12-21(13-11-19)33-20-8-6-5-7-9-20/h2*5-13,15-17H,14H2,1-4H3,(H2,26,27,28). The first kappa shape index (κ1) is 46.2. The van der Waals surface area contributed by atoms with Crippen LogP contribution in [-0.4, -0.2) is 104 Å². The van der Waals surface area contributed by atoms with Gasteiger partial charge in [0.1, 0.15) is 47.3 Å². The Morgan fingerprint density at radius 1 is 0.561 bits per heavy atom. The van der Waals surface area contributed by atoms with E-state index in [9.17, 15) is 9.59 Å². The Morgan fingerprint density at radius 3 is 1.39 bits per heavy atom. The maximum Gasteiger partial charge on any atom is 0.238 e. The van der Waals surface area contributed by atoms with E-state index in [1.807, 2.05) is 162 Å². The minimum atomic E-state index is -0.0871. The van der Waals surface area contributed by atoms with Crippen LogP contribution in [-0.2, 0) is 9.59 Å². The Kier molecular flexibility index (Phi) is 14.2. The van der Waals surface area contributed by atoms with Gasteiger partial charge in [-0.05, 0) is 102 Å². The molecule has 4 heterocycles. The lowest BCUT2D eigenvalue weighted by molar-refractivity contribution is -0.119. The van der Waals surface area contributed by atoms with Crippen LogP contribution in [0.1, 0.15) is 27.7 Å². The second kappa shape index (κ2) is 20.3. The molecule has 8 aromatic rings. The molecule has 8 rings (SSSR count). The van der Waals surface area contributed by atoms with E-state index in [1.165, 1.54) is 12.7 Å². The Hall–Kier alpha value is -7.82. The zero-order valence-electron chi connectivity index (χ0n) is 38.5. The molecule has 16 nitrogen and oxygen atoms in total. The molecule has 0 fully saturated rings. The van der Waals surface area contributed by atoms with Crippen molar-refractivity contribution >= 4 is 45.5 Å². The summed E-state index contributed by atoms with van der Waals surface area (Å²) in [6, 6.07) is 34.8. The van der Waals surface area contributed by atoms with Crippen LogP contribution in [0.5, 0.6) is 23.0 Å². The van der Waals surface area contributed by atoms with Crippen molar-refractivity contribution in [3.63, 3.8) is 0 Å². The maximum atomic E-state index is 12.7. The van der Waals surface area contributed by atoms with E-state index in [-0.39, 0.29) is 23.9 Å². The summed E-state index contributed by atoms with van der Waals surface area (Å²) in [7, 11) is 7.93. The molecule has 4 aromatic heterocycles. The highest BCUT2D eigenvalue weighted by Crippen LogP contribution is 2.36. The molecule has 0 saturated heterocycles. The fourth-order valence-corrected chi connectivity index (χ4v) is 7.64. The van der Waals surface area contributed by atoms with Crippen LogP contribution in [0.2, 0.25) is 0 Å². The smallest absolute Gasteiger partial charge is 0.238 e. The van der Waals surface area contributed by atoms with Crippen molar-refractivity contribution in [2.75, 3.05) is 62.8 Å². The fourth-order valence-electron chi connectivity index (χ4n) is 7.64. The third kappa shape index (κ3) is 10.4. The first-order valence-corrected chi connectivity index (χ1v) is 21.5. The van der Waals surface area contributed by atoms with Crippen LogP contribution < -0.4 is 31.0 Å². The summed E-state index contributed by atoms with van der Waals surface area (Å²) in [5.41, 5.74) is 17.2. The summed E-state index contributed by atoms with van der Waals surface area (Å²) in [6.45, 7) is 8.37. The van der Waals surface area contributed by atoms with E-state index in [0.717, 1.165) is 45.3 Å². The molecule has 2 unspecified atom stereocenters. The second-order valence-corrected chi connectivity index (χ2v) is 16.5. The first-order valence-electron chi connectivity index (χ1n) is 21.5. The number of ether oxygens (including phenoxy) is 2. The molecular formula is C50H56N12O4. The molecule has 66 heavy (non-hydrogen) atoms. The highest BCUT2D eigenvalue weighted by Gasteiger charge is 2.26. The Morgan fingerprint density at radius 2 is 0.985 bits per heavy atom. The monoisotopic (exact) mass is 888 g/mol. The third-order valence-corrected chi connectivity index (χ3v) is 11.0. The Labute approximate surface area is 384 Å². The van der Waals surface area contributed by atoms with Gasteiger partial charge in [0.25, 0.3) is 0 Å². The first-order chi connectivity index (χ1) is 31.7. The van der Waals surface area contributed by atoms with Crippen molar-refractivity contribution in [2.45, 2.75) is 39.8 Å². The molecule has 0 spiro atoms. The molecule has 4 N–H and O–H groups in total. The van der Waals surface area contributed by atoms with Crippen molar-refractivity contribution < 1.29 is 19.1 Å². The van der Waals surface area contributed by atoms with Gasteiger partial charge >= 0.3 is 0 Å². The summed E-state index contributed by atoms with van der Waals surface area (Å²) >= 11 is 0. The summed E-state index contributed by atoms with van der Waals surface area (Å²) in [4.78, 5) is 46.7. The van der Waals surface area contributed by atoms with E-state index in [2.05, 4.69) is 31.8 Å². The third-order valence-electron chi connectivity index (χ3n) is 11.0. The molecule has 16 heteroatoms. The maximum absolute atomic E-state index is 12.7. The van der Waals surface area contributed by atoms with Gasteiger partial charge in [0.15, 0.2) is 11.3 Å². The minimum Gasteiger partial charge on any atom is -0.457 e. The van der Waals surface area contributed by atoms with E-state index in [1.54, 1.807) is 33.2 Å². The molecule has 0 aliphatic carbocycles. The van der Waals surface area contributed by atoms with Crippen molar-refractivity contribution in [2.24, 2.45) is 0 Å². The zero-order chi connectivity index (χ0) is 47.1. The number of hydrogen-bond acceptors (Lipinski definition) is 12. The van der Waals surface area contributed by atoms with Crippen LogP contribution in [0, 0.1) is 0 Å². The van der Waals surface area contributed by atoms with Gasteiger partial charge in [-0.3, -0.25) is 9.59 Å². The average molecular weight is 889 g/mol. The number of hydrogen-bond donors (Lipinski definition) is 2. The van der Waals surface area contributed by atoms with Gasteiger partial charge in [-0.25, -0.2) is 39.3 Å². The van der Waals surface area contributed by atoms with Gasteiger partial charge in [-0.2, -0.15) is 0 Å². The van der Waals surface area contributed by atoms with Crippen molar-refractivity contribution in [3.05, 3.63) is 134 Å². The molecule has 0 aliphatic rings. The van der Waals surface area contributed by atoms with E-state index >= 15 is 0 Å². The predicted octanol–water partition coefficient (Wildman–Crippen LogP) is 7.81. The van der Waals surface area contributed by atoms with Gasteiger partial charge in [0.2, 0.25) is 11.8 Å². The van der Waals surface area contributed by atoms with Crippen molar-refractivity contribution in [3.8, 4) is 45.3 Å². The van der Waals surface area contributed by atoms with Crippen LogP contribution in [0.4, 0.5) is 11.6 Å². The number of nitrogen functional groups attached to an aromatic ring is 2. The minimum absolute atomic E-state index is 0.0845. The number of para-hydroxylation sites is 2. The number of rotatable bonds is 14. The molecule has 340 valence electrons. The average Bonchev–Trinajstić information content (AvgIpc) is 3.87. The zero-order valence-corrected chi connectivity index (χ0v) is 38.5. The molecule has 0 bridgehead atoms. The molecule has 4 aromatic carbocycles. The molecule has 0 aliphatic heterocycles. The number of anilines is 2. The summed E-state index contributed by atoms with van der Waals surface area (Å²) in [5, 5.41) is 4.79. The number of amides is 2. The second-order valence-electron chi connectivity index (χ2n) is 16.5. The Bertz CT molecular complexity index is 2900. The van der Waals surface area contributed by atoms with Crippen molar-refractivity contribution in [1.29, 1.82) is 0 Å². The summed E-state index contributed by atoms with van der Waals surface area (Å²) in [6.07, 6.45) is 6.63. The fraction of sp³-hybridized carbons (Fsp3) is 0.240. The summed E-state index contributed by atoms with van der Waals surface area (Å²) in [5.74, 6) is 3.54. The lowest BCUT2D eigenvalue weighted by atomic mass is 10.1. The topological polar surface area (TPSA) is 179 Å². The number of likely N-dealkylation sites (N-methyl/N-ethyl adjacent to an activating group) is 2. The van der Waals surface area contributed by atoms with Gasteiger partial charge < -0.3 is 30.7 Å². The van der Waals surface area contributed by atoms with Gasteiger partial charge in [0.05, 0.1) is 23.4 Å². The molecule has 2 atom stereocenters. The number of carbonyl (C=O) groups is 2. The quantitative estimate of drug-likeness (QED) is 0.108. The lowest BCUT2D eigenvalue weighted by Gasteiger charge is -2.31. The van der Waals surface area contributed by atoms with Gasteiger partial charge in [-0.1, -0.05) is 60.7 Å². The number of benzene rings is 4. The predicted molar refractivity (Wildman–Crippen MR) is 262 cm³/mol. The van der Waals surface area contributed by atoms with Gasteiger partial charge in [-0.15, -0.1) is 0 Å². The number of nitrogens with two attached hydrogens (primary N) is 2. The molecule has 2 amide bonds. The lowest BCUT2D eigenvalue weighted by Crippen LogP contribution is -2.49. The Balaban J connectivity index is 0.000000196. The number of fused-ring (bicyclic) bond motifs is 2. The SMILES string of the molecule is CC(=O)N(C(C)CN(C)C)n1cc(-c2ccc(Oc3ccccc3)cc2)c2c(N)ncnc21.CC(=O)N(CC(C)N(C)C)n1cc(-c2ccc(Oc3ccccc3)cc2)c2c(N)ncnc21. The van der Waals surface area contributed by atoms with Crippen LogP contribution in [0.25, 0.3) is 44.3 Å². The normalized spacial score (nSPS) is 12.2. The van der Waals surface area contributed by atoms with Crippen LogP contribution >= 0.6 is 0 Å². The number of aromatic nitrogens is 6.